The van der Waals surface area contributed by atoms with Gasteiger partial charge in [0.25, 0.3) is 0 Å². The Labute approximate surface area is 114 Å². The van der Waals surface area contributed by atoms with Gasteiger partial charge in [0.2, 0.25) is 0 Å². The van der Waals surface area contributed by atoms with E-state index in [1.165, 1.54) is 17.8 Å². The van der Waals surface area contributed by atoms with Gasteiger partial charge in [0.15, 0.2) is 0 Å². The number of thioether (sulfide) groups is 1. The SMILES string of the molecule is Nc1ccccc1OCCSc1cc(F)ccc1F. The van der Waals surface area contributed by atoms with Gasteiger partial charge in [-0.05, 0) is 30.3 Å². The molecule has 2 rings (SSSR count). The van der Waals surface area contributed by atoms with E-state index in [4.69, 9.17) is 10.5 Å². The van der Waals surface area contributed by atoms with Crippen LogP contribution >= 0.6 is 11.8 Å². The lowest BCUT2D eigenvalue weighted by molar-refractivity contribution is 0.346. The fraction of sp³-hybridized carbons (Fsp3) is 0.143. The summed E-state index contributed by atoms with van der Waals surface area (Å²) in [4.78, 5) is 0.282. The Bertz CT molecular complexity index is 563. The van der Waals surface area contributed by atoms with E-state index in [2.05, 4.69) is 0 Å². The molecule has 0 spiro atoms. The number of nitrogens with two attached hydrogens (primary N) is 1. The molecule has 0 saturated carbocycles. The van der Waals surface area contributed by atoms with Gasteiger partial charge in [-0.15, -0.1) is 11.8 Å². The van der Waals surface area contributed by atoms with Crippen LogP contribution in [0, 0.1) is 11.6 Å². The van der Waals surface area contributed by atoms with Crippen molar-refractivity contribution in [2.75, 3.05) is 18.1 Å². The maximum Gasteiger partial charge on any atom is 0.142 e. The molecule has 0 aliphatic rings. The Morgan fingerprint density at radius 2 is 1.89 bits per heavy atom. The lowest BCUT2D eigenvalue weighted by Gasteiger charge is -2.08. The number of anilines is 1. The molecule has 0 heterocycles. The van der Waals surface area contributed by atoms with E-state index < -0.39 is 11.6 Å². The lowest BCUT2D eigenvalue weighted by Crippen LogP contribution is -2.02. The molecule has 0 radical (unpaired) electrons. The molecular weight excluding hydrogens is 268 g/mol. The van der Waals surface area contributed by atoms with Crippen LogP contribution in [0.2, 0.25) is 0 Å². The third kappa shape index (κ3) is 3.86. The van der Waals surface area contributed by atoms with Gasteiger partial charge in [0, 0.05) is 10.6 Å². The van der Waals surface area contributed by atoms with Gasteiger partial charge in [-0.2, -0.15) is 0 Å². The van der Waals surface area contributed by atoms with E-state index in [0.717, 1.165) is 12.1 Å². The smallest absolute Gasteiger partial charge is 0.142 e. The quantitative estimate of drug-likeness (QED) is 0.515. The first-order chi connectivity index (χ1) is 9.16. The zero-order valence-electron chi connectivity index (χ0n) is 10.1. The zero-order valence-corrected chi connectivity index (χ0v) is 10.9. The summed E-state index contributed by atoms with van der Waals surface area (Å²) in [7, 11) is 0. The molecule has 5 heteroatoms. The van der Waals surface area contributed by atoms with Crippen LogP contribution in [0.3, 0.4) is 0 Å². The summed E-state index contributed by atoms with van der Waals surface area (Å²) in [6.45, 7) is 0.370. The molecule has 0 unspecified atom stereocenters. The van der Waals surface area contributed by atoms with E-state index in [0.29, 0.717) is 23.8 Å². The van der Waals surface area contributed by atoms with Crippen molar-refractivity contribution < 1.29 is 13.5 Å². The summed E-state index contributed by atoms with van der Waals surface area (Å²) < 4.78 is 31.7. The monoisotopic (exact) mass is 281 g/mol. The molecular formula is C14H13F2NOS. The average Bonchev–Trinajstić information content (AvgIpc) is 2.40. The normalized spacial score (nSPS) is 10.4. The fourth-order valence-electron chi connectivity index (χ4n) is 1.50. The topological polar surface area (TPSA) is 35.2 Å². The second-order valence-corrected chi connectivity index (χ2v) is 4.95. The summed E-state index contributed by atoms with van der Waals surface area (Å²) in [5, 5.41) is 0. The van der Waals surface area contributed by atoms with Crippen molar-refractivity contribution in [2.45, 2.75) is 4.90 Å². The number of benzene rings is 2. The molecule has 2 nitrogen and oxygen atoms in total. The summed E-state index contributed by atoms with van der Waals surface area (Å²) in [5.74, 6) is 0.236. The van der Waals surface area contributed by atoms with Crippen LogP contribution in [0.1, 0.15) is 0 Å². The molecule has 0 bridgehead atoms. The van der Waals surface area contributed by atoms with Gasteiger partial charge in [0.1, 0.15) is 17.4 Å². The van der Waals surface area contributed by atoms with Gasteiger partial charge in [-0.25, -0.2) is 8.78 Å². The molecule has 2 N–H and O–H groups in total. The van der Waals surface area contributed by atoms with E-state index in [1.54, 1.807) is 12.1 Å². The Morgan fingerprint density at radius 3 is 2.68 bits per heavy atom. The van der Waals surface area contributed by atoms with Crippen molar-refractivity contribution in [3.8, 4) is 5.75 Å². The first-order valence-electron chi connectivity index (χ1n) is 5.72. The second kappa shape index (κ2) is 6.43. The Hall–Kier alpha value is -1.75. The minimum atomic E-state index is -0.447. The number of nitrogen functional groups attached to an aromatic ring is 1. The molecule has 0 aromatic heterocycles. The summed E-state index contributed by atoms with van der Waals surface area (Å²) in [6.07, 6.45) is 0. The highest BCUT2D eigenvalue weighted by Gasteiger charge is 2.05. The highest BCUT2D eigenvalue weighted by atomic mass is 32.2. The standard InChI is InChI=1S/C14H13F2NOS/c15-10-5-6-11(16)14(9-10)19-8-7-18-13-4-2-1-3-12(13)17/h1-6,9H,7-8,17H2. The molecule has 19 heavy (non-hydrogen) atoms. The third-order valence-corrected chi connectivity index (χ3v) is 3.41. The number of hydrogen-bond donors (Lipinski definition) is 1. The van der Waals surface area contributed by atoms with E-state index in [9.17, 15) is 8.78 Å². The van der Waals surface area contributed by atoms with Crippen molar-refractivity contribution in [1.29, 1.82) is 0 Å². The minimum absolute atomic E-state index is 0.282. The van der Waals surface area contributed by atoms with Crippen molar-refractivity contribution in [3.63, 3.8) is 0 Å². The van der Waals surface area contributed by atoms with Crippen LogP contribution in [0.15, 0.2) is 47.4 Å². The van der Waals surface area contributed by atoms with Crippen molar-refractivity contribution >= 4 is 17.4 Å². The van der Waals surface area contributed by atoms with Crippen molar-refractivity contribution in [1.82, 2.24) is 0 Å². The van der Waals surface area contributed by atoms with Crippen LogP contribution in [0.25, 0.3) is 0 Å². The van der Waals surface area contributed by atoms with Gasteiger partial charge >= 0.3 is 0 Å². The minimum Gasteiger partial charge on any atom is -0.491 e. The molecule has 100 valence electrons. The Morgan fingerprint density at radius 1 is 1.11 bits per heavy atom. The van der Waals surface area contributed by atoms with Gasteiger partial charge in [-0.3, -0.25) is 0 Å². The maximum absolute atomic E-state index is 13.3. The largest absolute Gasteiger partial charge is 0.491 e. The van der Waals surface area contributed by atoms with Crippen LogP contribution in [0.4, 0.5) is 14.5 Å². The highest BCUT2D eigenvalue weighted by molar-refractivity contribution is 7.99. The number of halogens is 2. The second-order valence-electron chi connectivity index (χ2n) is 3.81. The van der Waals surface area contributed by atoms with Crippen LogP contribution in [0.5, 0.6) is 5.75 Å². The van der Waals surface area contributed by atoms with Crippen LogP contribution < -0.4 is 10.5 Å². The predicted octanol–water partition coefficient (Wildman–Crippen LogP) is 3.72. The number of hydrogen-bond acceptors (Lipinski definition) is 3. The van der Waals surface area contributed by atoms with E-state index in [1.807, 2.05) is 12.1 Å². The maximum atomic E-state index is 13.3. The van der Waals surface area contributed by atoms with Crippen LogP contribution in [-0.4, -0.2) is 12.4 Å². The molecule has 0 aliphatic carbocycles. The molecule has 2 aromatic rings. The molecule has 0 atom stereocenters. The van der Waals surface area contributed by atoms with Gasteiger partial charge in [-0.1, -0.05) is 12.1 Å². The molecule has 0 aliphatic heterocycles. The molecule has 0 amide bonds. The first kappa shape index (κ1) is 13.7. The number of rotatable bonds is 5. The summed E-state index contributed by atoms with van der Waals surface area (Å²) in [6, 6.07) is 10.5. The zero-order chi connectivity index (χ0) is 13.7. The van der Waals surface area contributed by atoms with Crippen molar-refractivity contribution in [2.24, 2.45) is 0 Å². The molecule has 2 aromatic carbocycles. The Balaban J connectivity index is 1.84. The van der Waals surface area contributed by atoms with E-state index >= 15 is 0 Å². The molecule has 0 saturated heterocycles. The van der Waals surface area contributed by atoms with Crippen molar-refractivity contribution in [3.05, 3.63) is 54.1 Å². The summed E-state index contributed by atoms with van der Waals surface area (Å²) in [5.41, 5.74) is 6.28. The van der Waals surface area contributed by atoms with Crippen LogP contribution in [-0.2, 0) is 0 Å². The third-order valence-electron chi connectivity index (χ3n) is 2.41. The predicted molar refractivity (Wildman–Crippen MR) is 73.4 cm³/mol. The highest BCUT2D eigenvalue weighted by Crippen LogP contribution is 2.24. The van der Waals surface area contributed by atoms with Gasteiger partial charge in [0.05, 0.1) is 12.3 Å². The summed E-state index contributed by atoms with van der Waals surface area (Å²) >= 11 is 1.21. The number of ether oxygens (including phenoxy) is 1. The average molecular weight is 281 g/mol. The molecule has 0 fully saturated rings. The first-order valence-corrected chi connectivity index (χ1v) is 6.70. The number of para-hydroxylation sites is 2. The van der Waals surface area contributed by atoms with E-state index in [-0.39, 0.29) is 4.90 Å². The Kier molecular flexibility index (Phi) is 4.63. The lowest BCUT2D eigenvalue weighted by atomic mass is 10.3. The fourth-order valence-corrected chi connectivity index (χ4v) is 2.29. The van der Waals surface area contributed by atoms with Gasteiger partial charge < -0.3 is 10.5 Å².